The van der Waals surface area contributed by atoms with Crippen LogP contribution < -0.4 is 0 Å². The monoisotopic (exact) mass is 354 g/mol. The summed E-state index contributed by atoms with van der Waals surface area (Å²) in [6.07, 6.45) is 15.5. The van der Waals surface area contributed by atoms with Crippen molar-refractivity contribution in [2.45, 2.75) is 95.7 Å². The van der Waals surface area contributed by atoms with Crippen molar-refractivity contribution in [2.24, 2.45) is 17.3 Å². The zero-order chi connectivity index (χ0) is 17.7. The minimum absolute atomic E-state index is 0.396. The van der Waals surface area contributed by atoms with Crippen LogP contribution in [0.2, 0.25) is 0 Å². The average molecular weight is 355 g/mol. The summed E-state index contributed by atoms with van der Waals surface area (Å²) < 4.78 is 6.76. The Labute approximate surface area is 158 Å². The summed E-state index contributed by atoms with van der Waals surface area (Å²) in [5.41, 5.74) is 3.34. The Morgan fingerprint density at radius 3 is 2.69 bits per heavy atom. The molecule has 26 heavy (non-hydrogen) atoms. The summed E-state index contributed by atoms with van der Waals surface area (Å²) in [7, 11) is 0. The smallest absolute Gasteiger partial charge is 0.115 e. The second-order valence-electron chi connectivity index (χ2n) is 9.81. The fraction of sp³-hybridized carbons (Fsp3) is 0.750. The van der Waals surface area contributed by atoms with Gasteiger partial charge < -0.3 is 9.84 Å². The first-order chi connectivity index (χ1) is 12.6. The van der Waals surface area contributed by atoms with Crippen LogP contribution in [0.5, 0.6) is 5.75 Å². The highest BCUT2D eigenvalue weighted by molar-refractivity contribution is 5.40. The highest BCUT2D eigenvalue weighted by Crippen LogP contribution is 2.61. The third-order valence-corrected chi connectivity index (χ3v) is 8.53. The Kier molecular flexibility index (Phi) is 4.31. The first kappa shape index (κ1) is 17.1. The van der Waals surface area contributed by atoms with Gasteiger partial charge in [-0.15, -0.1) is 0 Å². The number of benzene rings is 1. The van der Waals surface area contributed by atoms with Crippen LogP contribution in [0, 0.1) is 17.3 Å². The third kappa shape index (κ3) is 2.71. The molecule has 1 aromatic carbocycles. The van der Waals surface area contributed by atoms with Crippen LogP contribution >= 0.6 is 0 Å². The zero-order valence-corrected chi connectivity index (χ0v) is 16.3. The number of hydrogen-bond donors (Lipinski definition) is 1. The van der Waals surface area contributed by atoms with Gasteiger partial charge in [-0.1, -0.05) is 32.3 Å². The second-order valence-corrected chi connectivity index (χ2v) is 9.81. The number of phenolic OH excluding ortho intramolecular Hbond substituents is 1. The maximum atomic E-state index is 9.85. The van der Waals surface area contributed by atoms with E-state index in [1.807, 2.05) is 12.1 Å². The zero-order valence-electron chi connectivity index (χ0n) is 16.3. The maximum absolute atomic E-state index is 9.85. The summed E-state index contributed by atoms with van der Waals surface area (Å²) in [5, 5.41) is 9.85. The molecule has 142 valence electrons. The lowest BCUT2D eigenvalue weighted by Crippen LogP contribution is -2.45. The molecule has 3 saturated carbocycles. The largest absolute Gasteiger partial charge is 0.508 e. The van der Waals surface area contributed by atoms with E-state index >= 15 is 0 Å². The molecule has 3 fully saturated rings. The predicted octanol–water partition coefficient (Wildman–Crippen LogP) is 5.97. The van der Waals surface area contributed by atoms with Gasteiger partial charge in [-0.3, -0.25) is 0 Å². The molecule has 0 aliphatic heterocycles. The molecule has 0 saturated heterocycles. The van der Waals surface area contributed by atoms with Crippen LogP contribution in [-0.4, -0.2) is 17.3 Å². The van der Waals surface area contributed by atoms with Gasteiger partial charge in [0.15, 0.2) is 0 Å². The average Bonchev–Trinajstić information content (AvgIpc) is 2.98. The maximum Gasteiger partial charge on any atom is 0.115 e. The van der Waals surface area contributed by atoms with Gasteiger partial charge >= 0.3 is 0 Å². The molecule has 0 unspecified atom stereocenters. The Bertz CT molecular complexity index is 662. The van der Waals surface area contributed by atoms with Crippen LogP contribution in [0.15, 0.2) is 18.2 Å². The number of phenols is 1. The normalized spacial score (nSPS) is 39.9. The van der Waals surface area contributed by atoms with Crippen molar-refractivity contribution < 1.29 is 9.84 Å². The Hall–Kier alpha value is -1.02. The van der Waals surface area contributed by atoms with E-state index in [2.05, 4.69) is 13.0 Å². The molecule has 0 spiro atoms. The highest BCUT2D eigenvalue weighted by Gasteiger charge is 2.55. The standard InChI is InChI=1S/C24H34O2/c1-24-14-13-20-19-10-8-17(25)15-16(19)7-9-21(20)22(24)11-12-23(24)26-18-5-3-2-4-6-18/h8,10,15,18,20-23,25H,2-7,9,11-14H2,1H3/t20-,21-,22+,23+,24+/m1/s1. The van der Waals surface area contributed by atoms with Crippen LogP contribution in [0.4, 0.5) is 0 Å². The van der Waals surface area contributed by atoms with E-state index in [1.54, 1.807) is 0 Å². The van der Waals surface area contributed by atoms with E-state index in [0.717, 1.165) is 18.3 Å². The first-order valence-electron chi connectivity index (χ1n) is 11.1. The molecule has 5 rings (SSSR count). The summed E-state index contributed by atoms with van der Waals surface area (Å²) in [5.74, 6) is 2.80. The molecule has 2 nitrogen and oxygen atoms in total. The lowest BCUT2D eigenvalue weighted by Gasteiger charge is -2.51. The van der Waals surface area contributed by atoms with Crippen molar-refractivity contribution in [3.63, 3.8) is 0 Å². The fourth-order valence-corrected chi connectivity index (χ4v) is 7.18. The molecule has 0 heterocycles. The topological polar surface area (TPSA) is 29.5 Å². The van der Waals surface area contributed by atoms with E-state index in [1.165, 1.54) is 75.3 Å². The second kappa shape index (κ2) is 6.55. The molecule has 0 amide bonds. The number of hydrogen-bond acceptors (Lipinski definition) is 2. The molecular formula is C24H34O2. The summed E-state index contributed by atoms with van der Waals surface area (Å²) in [4.78, 5) is 0. The van der Waals surface area contributed by atoms with Gasteiger partial charge in [0, 0.05) is 0 Å². The number of aryl methyl sites for hydroxylation is 1. The lowest BCUT2D eigenvalue weighted by atomic mass is 9.55. The minimum atomic E-state index is 0.396. The quantitative estimate of drug-likeness (QED) is 0.709. The van der Waals surface area contributed by atoms with Crippen molar-refractivity contribution in [1.82, 2.24) is 0 Å². The number of fused-ring (bicyclic) bond motifs is 5. The summed E-state index contributed by atoms with van der Waals surface area (Å²) in [6, 6.07) is 6.14. The first-order valence-corrected chi connectivity index (χ1v) is 11.1. The van der Waals surface area contributed by atoms with Crippen LogP contribution in [0.3, 0.4) is 0 Å². The minimum Gasteiger partial charge on any atom is -0.508 e. The Morgan fingerprint density at radius 2 is 1.85 bits per heavy atom. The Morgan fingerprint density at radius 1 is 1.00 bits per heavy atom. The van der Waals surface area contributed by atoms with Gasteiger partial charge in [0.05, 0.1) is 12.2 Å². The molecule has 4 aliphatic carbocycles. The molecule has 1 aromatic rings. The lowest BCUT2D eigenvalue weighted by molar-refractivity contribution is -0.104. The fourth-order valence-electron chi connectivity index (χ4n) is 7.18. The molecule has 1 N–H and O–H groups in total. The van der Waals surface area contributed by atoms with Crippen molar-refractivity contribution in [3.05, 3.63) is 29.3 Å². The van der Waals surface area contributed by atoms with Gasteiger partial charge in [0.25, 0.3) is 0 Å². The molecule has 5 atom stereocenters. The summed E-state index contributed by atoms with van der Waals surface area (Å²) in [6.45, 7) is 2.56. The molecule has 0 radical (unpaired) electrons. The molecule has 4 aliphatic rings. The Balaban J connectivity index is 1.36. The number of ether oxygens (including phenoxy) is 1. The van der Waals surface area contributed by atoms with E-state index in [-0.39, 0.29) is 0 Å². The van der Waals surface area contributed by atoms with Gasteiger partial charge in [-0.25, -0.2) is 0 Å². The van der Waals surface area contributed by atoms with Crippen molar-refractivity contribution >= 4 is 0 Å². The third-order valence-electron chi connectivity index (χ3n) is 8.53. The van der Waals surface area contributed by atoms with Gasteiger partial charge in [0.2, 0.25) is 0 Å². The van der Waals surface area contributed by atoms with Gasteiger partial charge in [-0.05, 0) is 97.8 Å². The molecule has 0 bridgehead atoms. The molecule has 0 aromatic heterocycles. The number of rotatable bonds is 2. The highest BCUT2D eigenvalue weighted by atomic mass is 16.5. The SMILES string of the molecule is C[C@]12CC[C@@H]3c4ccc(O)cc4CC[C@H]3[C@@H]1CC[C@@H]2OC1CCCCC1. The van der Waals surface area contributed by atoms with E-state index in [4.69, 9.17) is 4.74 Å². The van der Waals surface area contributed by atoms with Gasteiger partial charge in [-0.2, -0.15) is 0 Å². The van der Waals surface area contributed by atoms with Crippen molar-refractivity contribution in [1.29, 1.82) is 0 Å². The van der Waals surface area contributed by atoms with Gasteiger partial charge in [0.1, 0.15) is 5.75 Å². The van der Waals surface area contributed by atoms with E-state index in [0.29, 0.717) is 29.3 Å². The summed E-state index contributed by atoms with van der Waals surface area (Å²) >= 11 is 0. The van der Waals surface area contributed by atoms with Crippen molar-refractivity contribution in [3.8, 4) is 5.75 Å². The molecule has 2 heteroatoms. The molecular weight excluding hydrogens is 320 g/mol. The van der Waals surface area contributed by atoms with Crippen molar-refractivity contribution in [2.75, 3.05) is 0 Å². The van der Waals surface area contributed by atoms with Crippen LogP contribution in [0.1, 0.15) is 88.2 Å². The predicted molar refractivity (Wildman–Crippen MR) is 104 cm³/mol. The van der Waals surface area contributed by atoms with Crippen LogP contribution in [-0.2, 0) is 11.2 Å². The van der Waals surface area contributed by atoms with E-state index in [9.17, 15) is 5.11 Å². The van der Waals surface area contributed by atoms with E-state index < -0.39 is 0 Å². The van der Waals surface area contributed by atoms with Crippen LogP contribution in [0.25, 0.3) is 0 Å². The number of aromatic hydroxyl groups is 1.